The summed E-state index contributed by atoms with van der Waals surface area (Å²) >= 11 is 0. The van der Waals surface area contributed by atoms with Gasteiger partial charge in [-0.15, -0.1) is 0 Å². The quantitative estimate of drug-likeness (QED) is 0.177. The molecule has 0 fully saturated rings. The van der Waals surface area contributed by atoms with Crippen molar-refractivity contribution in [1.82, 2.24) is 19.5 Å². The SMILES string of the molecule is O=P1(c2ccccc2)N(c2ccccc2)c2ccccc2N1c1nc(-c2ccccc2)nc(-n2c3ccccc3c3ccccc32)n1. The van der Waals surface area contributed by atoms with Crippen molar-refractivity contribution in [2.24, 2.45) is 0 Å². The maximum atomic E-state index is 16.2. The number of hydrogen-bond donors (Lipinski definition) is 0. The van der Waals surface area contributed by atoms with E-state index in [4.69, 9.17) is 15.0 Å². The first-order chi connectivity index (χ1) is 23.2. The van der Waals surface area contributed by atoms with Gasteiger partial charge in [0.15, 0.2) is 5.82 Å². The van der Waals surface area contributed by atoms with E-state index in [9.17, 15) is 0 Å². The molecule has 0 saturated heterocycles. The highest BCUT2D eigenvalue weighted by Gasteiger charge is 2.50. The number of fused-ring (bicyclic) bond motifs is 4. The maximum absolute atomic E-state index is 16.2. The van der Waals surface area contributed by atoms with Crippen LogP contribution in [0.4, 0.5) is 23.0 Å². The van der Waals surface area contributed by atoms with E-state index in [2.05, 4.69) is 28.8 Å². The molecule has 47 heavy (non-hydrogen) atoms. The summed E-state index contributed by atoms with van der Waals surface area (Å²) < 4.78 is 22.0. The number of anilines is 4. The third-order valence-corrected chi connectivity index (χ3v) is 11.5. The number of nitrogens with zero attached hydrogens (tertiary/aromatic N) is 6. The lowest BCUT2D eigenvalue weighted by Gasteiger charge is -2.32. The third-order valence-electron chi connectivity index (χ3n) is 8.59. The van der Waals surface area contributed by atoms with Crippen molar-refractivity contribution < 1.29 is 4.57 Å². The second kappa shape index (κ2) is 10.8. The summed E-state index contributed by atoms with van der Waals surface area (Å²) in [6.07, 6.45) is 0. The Kier molecular flexibility index (Phi) is 6.27. The van der Waals surface area contributed by atoms with E-state index in [1.807, 2.05) is 149 Å². The summed E-state index contributed by atoms with van der Waals surface area (Å²) in [5.74, 6) is 1.23. The molecule has 224 valence electrons. The Balaban J connectivity index is 1.37. The highest BCUT2D eigenvalue weighted by atomic mass is 31.2. The van der Waals surface area contributed by atoms with Crippen molar-refractivity contribution >= 4 is 57.6 Å². The van der Waals surface area contributed by atoms with Crippen molar-refractivity contribution in [3.63, 3.8) is 0 Å². The molecule has 8 aromatic rings. The summed E-state index contributed by atoms with van der Waals surface area (Å²) in [5, 5.41) is 2.87. The van der Waals surface area contributed by atoms with Crippen molar-refractivity contribution in [3.05, 3.63) is 164 Å². The predicted molar refractivity (Wildman–Crippen MR) is 190 cm³/mol. The van der Waals surface area contributed by atoms with Gasteiger partial charge in [-0.2, -0.15) is 15.0 Å². The topological polar surface area (TPSA) is 67.2 Å². The van der Waals surface area contributed by atoms with Gasteiger partial charge in [0, 0.05) is 22.0 Å². The molecule has 1 atom stereocenters. The van der Waals surface area contributed by atoms with E-state index in [1.165, 1.54) is 0 Å². The van der Waals surface area contributed by atoms with E-state index in [1.54, 1.807) is 0 Å². The Labute approximate surface area is 271 Å². The van der Waals surface area contributed by atoms with Crippen molar-refractivity contribution in [3.8, 4) is 17.3 Å². The molecule has 0 N–H and O–H groups in total. The van der Waals surface area contributed by atoms with Gasteiger partial charge in [-0.05, 0) is 48.5 Å². The fourth-order valence-electron chi connectivity index (χ4n) is 6.55. The molecule has 6 aromatic carbocycles. The average molecular weight is 627 g/mol. The van der Waals surface area contributed by atoms with Crippen molar-refractivity contribution in [2.45, 2.75) is 0 Å². The van der Waals surface area contributed by atoms with Crippen molar-refractivity contribution in [1.29, 1.82) is 0 Å². The van der Waals surface area contributed by atoms with Gasteiger partial charge in [-0.1, -0.05) is 115 Å². The first kappa shape index (κ1) is 27.3. The molecule has 2 aromatic heterocycles. The third kappa shape index (κ3) is 4.21. The standard InChI is InChI=1S/C39H27N6OP/c46-47(30-20-8-3-9-21-30)44(29-18-6-2-7-19-29)35-26-14-15-27-36(35)45(47)39-41-37(28-16-4-1-5-17-28)40-38(42-39)43-33-24-12-10-22-31(33)32-23-11-13-25-34(32)43/h1-27H. The zero-order valence-electron chi connectivity index (χ0n) is 25.1. The lowest BCUT2D eigenvalue weighted by molar-refractivity contribution is 0.582. The Morgan fingerprint density at radius 2 is 0.936 bits per heavy atom. The minimum Gasteiger partial charge on any atom is -0.278 e. The Morgan fingerprint density at radius 3 is 1.57 bits per heavy atom. The van der Waals surface area contributed by atoms with Crippen LogP contribution in [-0.2, 0) is 4.57 Å². The van der Waals surface area contributed by atoms with Crippen molar-refractivity contribution in [2.75, 3.05) is 9.34 Å². The van der Waals surface area contributed by atoms with E-state index >= 15 is 4.57 Å². The molecule has 1 aliphatic heterocycles. The Bertz CT molecular complexity index is 2410. The number of hydrogen-bond acceptors (Lipinski definition) is 4. The van der Waals surface area contributed by atoms with Gasteiger partial charge in [0.2, 0.25) is 11.9 Å². The van der Waals surface area contributed by atoms with Crippen LogP contribution in [0.3, 0.4) is 0 Å². The number of benzene rings is 6. The molecule has 8 heteroatoms. The van der Waals surface area contributed by atoms with Gasteiger partial charge in [0.1, 0.15) is 0 Å². The fraction of sp³-hybridized carbons (Fsp3) is 0. The van der Waals surface area contributed by atoms with Crippen LogP contribution in [0.5, 0.6) is 0 Å². The average Bonchev–Trinajstić information content (AvgIpc) is 3.62. The van der Waals surface area contributed by atoms with Gasteiger partial charge >= 0.3 is 7.44 Å². The fourth-order valence-corrected chi connectivity index (χ4v) is 9.46. The molecule has 0 radical (unpaired) electrons. The largest absolute Gasteiger partial charge is 0.304 e. The molecule has 0 saturated carbocycles. The van der Waals surface area contributed by atoms with E-state index < -0.39 is 7.44 Å². The summed E-state index contributed by atoms with van der Waals surface area (Å²) in [6, 6.07) is 53.8. The van der Waals surface area contributed by atoms with Gasteiger partial charge in [-0.25, -0.2) is 4.67 Å². The summed E-state index contributed by atoms with van der Waals surface area (Å²) in [6.45, 7) is 0. The number of rotatable bonds is 5. The summed E-state index contributed by atoms with van der Waals surface area (Å²) in [5.41, 5.74) is 5.16. The van der Waals surface area contributed by atoms with Gasteiger partial charge < -0.3 is 0 Å². The molecular formula is C39H27N6OP. The smallest absolute Gasteiger partial charge is 0.278 e. The summed E-state index contributed by atoms with van der Waals surface area (Å²) in [7, 11) is -3.67. The second-order valence-electron chi connectivity index (χ2n) is 11.3. The molecule has 7 nitrogen and oxygen atoms in total. The zero-order chi connectivity index (χ0) is 31.4. The molecule has 3 heterocycles. The molecule has 1 unspecified atom stereocenters. The van der Waals surface area contributed by atoms with E-state index in [-0.39, 0.29) is 0 Å². The van der Waals surface area contributed by atoms with E-state index in [0.717, 1.165) is 44.4 Å². The van der Waals surface area contributed by atoms with Crippen LogP contribution in [-0.4, -0.2) is 19.5 Å². The zero-order valence-corrected chi connectivity index (χ0v) is 26.0. The number of para-hydroxylation sites is 5. The van der Waals surface area contributed by atoms with Crippen LogP contribution >= 0.6 is 7.44 Å². The minimum absolute atomic E-state index is 0.300. The monoisotopic (exact) mass is 626 g/mol. The maximum Gasteiger partial charge on any atom is 0.304 e. The van der Waals surface area contributed by atoms with E-state index in [0.29, 0.717) is 23.0 Å². The van der Waals surface area contributed by atoms with Crippen LogP contribution < -0.4 is 14.6 Å². The van der Waals surface area contributed by atoms with Crippen LogP contribution in [0.2, 0.25) is 0 Å². The van der Waals surface area contributed by atoms with Gasteiger partial charge in [0.25, 0.3) is 0 Å². The van der Waals surface area contributed by atoms with Crippen LogP contribution in [0.25, 0.3) is 39.1 Å². The molecule has 0 spiro atoms. The highest BCUT2D eigenvalue weighted by molar-refractivity contribution is 7.76. The molecule has 0 bridgehead atoms. The number of aromatic nitrogens is 4. The van der Waals surface area contributed by atoms with Crippen LogP contribution in [0, 0.1) is 0 Å². The lowest BCUT2D eigenvalue weighted by atomic mass is 10.2. The first-order valence-corrected chi connectivity index (χ1v) is 17.0. The first-order valence-electron chi connectivity index (χ1n) is 15.4. The second-order valence-corrected chi connectivity index (χ2v) is 13.7. The van der Waals surface area contributed by atoms with Gasteiger partial charge in [0.05, 0.1) is 27.7 Å². The molecule has 9 rings (SSSR count). The highest BCUT2D eigenvalue weighted by Crippen LogP contribution is 2.69. The normalized spacial score (nSPS) is 15.7. The molecular weight excluding hydrogens is 599 g/mol. The van der Waals surface area contributed by atoms with Crippen LogP contribution in [0.15, 0.2) is 164 Å². The molecule has 0 aliphatic carbocycles. The predicted octanol–water partition coefficient (Wildman–Crippen LogP) is 9.44. The van der Waals surface area contributed by atoms with Gasteiger partial charge in [-0.3, -0.25) is 13.8 Å². The summed E-state index contributed by atoms with van der Waals surface area (Å²) in [4.78, 5) is 15.4. The Morgan fingerprint density at radius 1 is 0.447 bits per heavy atom. The van der Waals surface area contributed by atoms with Crippen LogP contribution in [0.1, 0.15) is 0 Å². The lowest BCUT2D eigenvalue weighted by Crippen LogP contribution is -2.28. The molecule has 1 aliphatic rings. The molecule has 0 amide bonds. The Hall–Kier alpha value is -6.04. The minimum atomic E-state index is -3.67.